The highest BCUT2D eigenvalue weighted by atomic mass is 32.1. The summed E-state index contributed by atoms with van der Waals surface area (Å²) in [4.78, 5) is -0.715. The minimum absolute atomic E-state index is 0.197. The highest BCUT2D eigenvalue weighted by Crippen LogP contribution is 2.37. The molecule has 0 saturated carbocycles. The Hall–Kier alpha value is -0.710. The van der Waals surface area contributed by atoms with Gasteiger partial charge in [0.2, 0.25) is 0 Å². The second-order valence-corrected chi connectivity index (χ2v) is 2.62. The fraction of sp³-hybridized carbons (Fsp3) is 0.200. The van der Waals surface area contributed by atoms with Gasteiger partial charge in [-0.3, -0.25) is 0 Å². The van der Waals surface area contributed by atoms with Crippen molar-refractivity contribution in [3.05, 3.63) is 16.3 Å². The first kappa shape index (κ1) is 7.40. The van der Waals surface area contributed by atoms with Crippen LogP contribution in [0.15, 0.2) is 11.4 Å². The standard InChI is InChI=1S/C5H4F3NS/c6-5(7,8)4-3(9)1-2-10-4/h1-2H,9H2. The fourth-order valence-electron chi connectivity index (χ4n) is 0.550. The van der Waals surface area contributed by atoms with E-state index in [4.69, 9.17) is 5.73 Å². The van der Waals surface area contributed by atoms with Gasteiger partial charge >= 0.3 is 6.18 Å². The molecule has 0 aliphatic heterocycles. The van der Waals surface area contributed by atoms with Gasteiger partial charge in [-0.15, -0.1) is 11.3 Å². The van der Waals surface area contributed by atoms with Crippen molar-refractivity contribution >= 4 is 17.0 Å². The average Bonchev–Trinajstić information content (AvgIpc) is 2.11. The highest BCUT2D eigenvalue weighted by molar-refractivity contribution is 7.10. The zero-order chi connectivity index (χ0) is 7.78. The third kappa shape index (κ3) is 1.23. The first-order chi connectivity index (χ1) is 4.52. The van der Waals surface area contributed by atoms with E-state index in [1.807, 2.05) is 0 Å². The molecule has 1 rings (SSSR count). The van der Waals surface area contributed by atoms with E-state index in [1.54, 1.807) is 0 Å². The first-order valence-electron chi connectivity index (χ1n) is 2.42. The Bertz CT molecular complexity index is 227. The maximum absolute atomic E-state index is 11.8. The quantitative estimate of drug-likeness (QED) is 0.630. The van der Waals surface area contributed by atoms with Crippen molar-refractivity contribution in [2.75, 3.05) is 5.73 Å². The van der Waals surface area contributed by atoms with E-state index >= 15 is 0 Å². The van der Waals surface area contributed by atoms with E-state index in [0.29, 0.717) is 11.3 Å². The van der Waals surface area contributed by atoms with Crippen LogP contribution in [0.2, 0.25) is 0 Å². The number of nitrogens with two attached hydrogens (primary N) is 1. The van der Waals surface area contributed by atoms with Gasteiger partial charge in [-0.25, -0.2) is 0 Å². The lowest BCUT2D eigenvalue weighted by molar-refractivity contribution is -0.133. The van der Waals surface area contributed by atoms with E-state index in [2.05, 4.69) is 0 Å². The fourth-order valence-corrected chi connectivity index (χ4v) is 1.24. The molecule has 0 bridgehead atoms. The molecule has 2 N–H and O–H groups in total. The van der Waals surface area contributed by atoms with Crippen LogP contribution in [0.3, 0.4) is 0 Å². The minimum atomic E-state index is -4.29. The van der Waals surface area contributed by atoms with Crippen LogP contribution in [-0.2, 0) is 6.18 Å². The van der Waals surface area contributed by atoms with Crippen LogP contribution >= 0.6 is 11.3 Å². The van der Waals surface area contributed by atoms with Gasteiger partial charge in [0.1, 0.15) is 4.88 Å². The normalized spacial score (nSPS) is 11.9. The average molecular weight is 167 g/mol. The lowest BCUT2D eigenvalue weighted by Gasteiger charge is -2.02. The minimum Gasteiger partial charge on any atom is -0.398 e. The van der Waals surface area contributed by atoms with Crippen molar-refractivity contribution in [2.45, 2.75) is 6.18 Å². The number of hydrogen-bond donors (Lipinski definition) is 1. The Kier molecular flexibility index (Phi) is 1.60. The second kappa shape index (κ2) is 2.16. The van der Waals surface area contributed by atoms with Gasteiger partial charge in [-0.2, -0.15) is 13.2 Å². The summed E-state index contributed by atoms with van der Waals surface area (Å²) in [5.74, 6) is 0. The lowest BCUT2D eigenvalue weighted by Crippen LogP contribution is -2.04. The molecule has 0 aliphatic rings. The van der Waals surface area contributed by atoms with Crippen molar-refractivity contribution in [1.82, 2.24) is 0 Å². The third-order valence-electron chi connectivity index (χ3n) is 0.953. The molecule has 0 aromatic carbocycles. The van der Waals surface area contributed by atoms with E-state index < -0.39 is 11.1 Å². The van der Waals surface area contributed by atoms with E-state index in [9.17, 15) is 13.2 Å². The summed E-state index contributed by atoms with van der Waals surface area (Å²) in [7, 11) is 0. The molecule has 10 heavy (non-hydrogen) atoms. The van der Waals surface area contributed by atoms with Crippen LogP contribution in [0.25, 0.3) is 0 Å². The summed E-state index contributed by atoms with van der Waals surface area (Å²) in [5, 5.41) is 1.32. The van der Waals surface area contributed by atoms with Gasteiger partial charge in [0.15, 0.2) is 0 Å². The molecular formula is C5H4F3NS. The molecule has 5 heteroatoms. The second-order valence-electron chi connectivity index (χ2n) is 1.70. The summed E-state index contributed by atoms with van der Waals surface area (Å²) >= 11 is 0.606. The van der Waals surface area contributed by atoms with E-state index in [0.717, 1.165) is 0 Å². The summed E-state index contributed by atoms with van der Waals surface area (Å²) in [5.41, 5.74) is 4.82. The third-order valence-corrected chi connectivity index (χ3v) is 1.93. The SMILES string of the molecule is Nc1ccsc1C(F)(F)F. The number of alkyl halides is 3. The van der Waals surface area contributed by atoms with Gasteiger partial charge in [-0.1, -0.05) is 0 Å². The van der Waals surface area contributed by atoms with Gasteiger partial charge < -0.3 is 5.73 Å². The van der Waals surface area contributed by atoms with Crippen LogP contribution in [0.5, 0.6) is 0 Å². The predicted octanol–water partition coefficient (Wildman–Crippen LogP) is 2.35. The van der Waals surface area contributed by atoms with Crippen LogP contribution < -0.4 is 5.73 Å². The molecule has 1 aromatic heterocycles. The maximum atomic E-state index is 11.8. The predicted molar refractivity (Wildman–Crippen MR) is 33.7 cm³/mol. The Labute approximate surface area is 59.3 Å². The molecular weight excluding hydrogens is 163 g/mol. The monoisotopic (exact) mass is 167 g/mol. The molecule has 56 valence electrons. The topological polar surface area (TPSA) is 26.0 Å². The van der Waals surface area contributed by atoms with Crippen molar-refractivity contribution in [3.8, 4) is 0 Å². The summed E-state index contributed by atoms with van der Waals surface area (Å²) < 4.78 is 35.4. The molecule has 0 amide bonds. The van der Waals surface area contributed by atoms with Crippen molar-refractivity contribution < 1.29 is 13.2 Å². The van der Waals surface area contributed by atoms with Crippen molar-refractivity contribution in [1.29, 1.82) is 0 Å². The van der Waals surface area contributed by atoms with Crippen LogP contribution in [-0.4, -0.2) is 0 Å². The molecule has 0 atom stereocenters. The van der Waals surface area contributed by atoms with Crippen LogP contribution in [0, 0.1) is 0 Å². The number of halogens is 3. The van der Waals surface area contributed by atoms with Gasteiger partial charge in [-0.05, 0) is 11.4 Å². The van der Waals surface area contributed by atoms with Crippen molar-refractivity contribution in [2.24, 2.45) is 0 Å². The van der Waals surface area contributed by atoms with Gasteiger partial charge in [0, 0.05) is 0 Å². The number of thiophene rings is 1. The number of nitrogen functional groups attached to an aromatic ring is 1. The smallest absolute Gasteiger partial charge is 0.398 e. The number of anilines is 1. The Morgan fingerprint density at radius 2 is 2.00 bits per heavy atom. The highest BCUT2D eigenvalue weighted by Gasteiger charge is 2.34. The van der Waals surface area contributed by atoms with Crippen LogP contribution in [0.1, 0.15) is 4.88 Å². The first-order valence-corrected chi connectivity index (χ1v) is 3.30. The van der Waals surface area contributed by atoms with E-state index in [-0.39, 0.29) is 5.69 Å². The zero-order valence-electron chi connectivity index (χ0n) is 4.77. The molecule has 0 saturated heterocycles. The molecule has 1 heterocycles. The van der Waals surface area contributed by atoms with Gasteiger partial charge in [0.05, 0.1) is 5.69 Å². The Morgan fingerprint density at radius 3 is 2.20 bits per heavy atom. The molecule has 0 unspecified atom stereocenters. The van der Waals surface area contributed by atoms with Crippen LogP contribution in [0.4, 0.5) is 18.9 Å². The van der Waals surface area contributed by atoms with Crippen molar-refractivity contribution in [3.63, 3.8) is 0 Å². The van der Waals surface area contributed by atoms with Gasteiger partial charge in [0.25, 0.3) is 0 Å². The largest absolute Gasteiger partial charge is 0.427 e. The molecule has 0 spiro atoms. The summed E-state index contributed by atoms with van der Waals surface area (Å²) in [6.45, 7) is 0. The Morgan fingerprint density at radius 1 is 1.40 bits per heavy atom. The molecule has 0 fully saturated rings. The zero-order valence-corrected chi connectivity index (χ0v) is 5.59. The number of hydrogen-bond acceptors (Lipinski definition) is 2. The molecule has 0 radical (unpaired) electrons. The maximum Gasteiger partial charge on any atom is 0.427 e. The Balaban J connectivity index is 3.05. The molecule has 1 aromatic rings. The lowest BCUT2D eigenvalue weighted by atomic mass is 10.4. The number of rotatable bonds is 0. The summed E-state index contributed by atoms with van der Waals surface area (Å²) in [6, 6.07) is 1.24. The molecule has 1 nitrogen and oxygen atoms in total. The molecule has 0 aliphatic carbocycles. The summed E-state index contributed by atoms with van der Waals surface area (Å²) in [6.07, 6.45) is -4.29. The van der Waals surface area contributed by atoms with E-state index in [1.165, 1.54) is 11.4 Å².